The van der Waals surface area contributed by atoms with E-state index in [1.54, 1.807) is 6.08 Å². The number of likely N-dealkylation sites (N-methyl/N-ethyl adjacent to an activating group) is 1. The van der Waals surface area contributed by atoms with Crippen LogP contribution in [0.15, 0.2) is 12.2 Å². The van der Waals surface area contributed by atoms with Crippen LogP contribution in [0.25, 0.3) is 0 Å². The molecule has 9 heteroatoms. The molecule has 8 nitrogen and oxygen atoms in total. The number of phosphoric acid groups is 1. The van der Waals surface area contributed by atoms with Gasteiger partial charge in [-0.15, -0.1) is 0 Å². The number of phosphoric ester groups is 1. The summed E-state index contributed by atoms with van der Waals surface area (Å²) in [5, 5.41) is 13.9. The van der Waals surface area contributed by atoms with Gasteiger partial charge in [0.15, 0.2) is 0 Å². The highest BCUT2D eigenvalue weighted by Crippen LogP contribution is 2.38. The van der Waals surface area contributed by atoms with Crippen LogP contribution in [0.2, 0.25) is 0 Å². The highest BCUT2D eigenvalue weighted by molar-refractivity contribution is 7.45. The van der Waals surface area contributed by atoms with Crippen LogP contribution in [-0.2, 0) is 18.4 Å². The van der Waals surface area contributed by atoms with E-state index in [-0.39, 0.29) is 19.1 Å². The molecular formula is C53H107N2O6P. The van der Waals surface area contributed by atoms with Crippen molar-refractivity contribution in [2.24, 2.45) is 0 Å². The number of allylic oxidation sites excluding steroid dienone is 1. The van der Waals surface area contributed by atoms with Crippen LogP contribution < -0.4 is 10.2 Å². The number of unbranched alkanes of at least 4 members (excludes halogenated alkanes) is 37. The van der Waals surface area contributed by atoms with E-state index in [2.05, 4.69) is 19.2 Å². The fourth-order valence-electron chi connectivity index (χ4n) is 8.21. The standard InChI is InChI=1S/C53H107N2O6P/c1-6-8-10-12-14-16-18-20-22-24-25-26-27-28-29-31-33-35-37-39-41-43-45-47-53(57)54-51(50-61-62(58,59)60-49-48-55(3,4)5)52(56)46-44-42-40-38-36-34-32-30-23-21-19-17-15-13-11-9-7-2/h44,46,51-52,56H,6-43,45,47-50H2,1-5H3,(H-,54,57,58,59)/b46-44+/t51-,52+/m0/s1. The summed E-state index contributed by atoms with van der Waals surface area (Å²) in [5.74, 6) is -0.191. The Hall–Kier alpha value is -0.760. The lowest BCUT2D eigenvalue weighted by Gasteiger charge is -2.29. The Morgan fingerprint density at radius 3 is 1.21 bits per heavy atom. The summed E-state index contributed by atoms with van der Waals surface area (Å²) in [6, 6.07) is -0.881. The summed E-state index contributed by atoms with van der Waals surface area (Å²) in [5.41, 5.74) is 0. The van der Waals surface area contributed by atoms with Gasteiger partial charge in [0.25, 0.3) is 7.82 Å². The van der Waals surface area contributed by atoms with Crippen LogP contribution in [0.4, 0.5) is 0 Å². The number of carbonyl (C=O) groups excluding carboxylic acids is 1. The van der Waals surface area contributed by atoms with E-state index in [4.69, 9.17) is 9.05 Å². The fourth-order valence-corrected chi connectivity index (χ4v) is 8.94. The van der Waals surface area contributed by atoms with Crippen LogP contribution in [0, 0.1) is 0 Å². The SMILES string of the molecule is CCCCCCCCCCCCCCCCC/C=C/[C@@H](O)[C@H](COP(=O)([O-])OCC[N+](C)(C)C)NC(=O)CCCCCCCCCCCCCCCCCCCCCCCCC. The molecule has 0 aliphatic carbocycles. The lowest BCUT2D eigenvalue weighted by Crippen LogP contribution is -2.45. The number of quaternary nitrogens is 1. The number of aliphatic hydroxyl groups is 1. The Balaban J connectivity index is 4.21. The number of hydrogen-bond donors (Lipinski definition) is 2. The molecule has 2 N–H and O–H groups in total. The van der Waals surface area contributed by atoms with E-state index < -0.39 is 20.0 Å². The Kier molecular flexibility index (Phi) is 44.8. The highest BCUT2D eigenvalue weighted by Gasteiger charge is 2.23. The zero-order valence-electron chi connectivity index (χ0n) is 42.1. The van der Waals surface area contributed by atoms with Crippen molar-refractivity contribution < 1.29 is 32.9 Å². The van der Waals surface area contributed by atoms with Crippen LogP contribution in [0.3, 0.4) is 0 Å². The first-order chi connectivity index (χ1) is 30.0. The molecule has 0 heterocycles. The summed E-state index contributed by atoms with van der Waals surface area (Å²) in [6.07, 6.45) is 54.1. The first kappa shape index (κ1) is 61.2. The molecule has 0 spiro atoms. The van der Waals surface area contributed by atoms with Crippen molar-refractivity contribution in [2.45, 2.75) is 283 Å². The molecule has 0 aromatic heterocycles. The zero-order chi connectivity index (χ0) is 45.7. The number of amides is 1. The number of nitrogens with one attached hydrogen (secondary N) is 1. The predicted octanol–water partition coefficient (Wildman–Crippen LogP) is 15.2. The molecule has 3 atom stereocenters. The average molecular weight is 899 g/mol. The van der Waals surface area contributed by atoms with Gasteiger partial charge >= 0.3 is 0 Å². The largest absolute Gasteiger partial charge is 0.756 e. The number of carbonyl (C=O) groups is 1. The minimum atomic E-state index is -4.59. The number of rotatable bonds is 50. The maximum Gasteiger partial charge on any atom is 0.268 e. The van der Waals surface area contributed by atoms with Crippen molar-refractivity contribution in [3.63, 3.8) is 0 Å². The number of hydrogen-bond acceptors (Lipinski definition) is 6. The summed E-state index contributed by atoms with van der Waals surface area (Å²) >= 11 is 0. The molecule has 0 aromatic carbocycles. The summed E-state index contributed by atoms with van der Waals surface area (Å²) < 4.78 is 23.3. The Labute approximate surface area is 386 Å². The van der Waals surface area contributed by atoms with Gasteiger partial charge in [-0.1, -0.05) is 257 Å². The van der Waals surface area contributed by atoms with Crippen molar-refractivity contribution in [1.82, 2.24) is 5.32 Å². The predicted molar refractivity (Wildman–Crippen MR) is 266 cm³/mol. The molecule has 0 saturated carbocycles. The van der Waals surface area contributed by atoms with Crippen molar-refractivity contribution in [1.29, 1.82) is 0 Å². The van der Waals surface area contributed by atoms with Gasteiger partial charge in [0.05, 0.1) is 39.9 Å². The highest BCUT2D eigenvalue weighted by atomic mass is 31.2. The molecule has 0 aliphatic rings. The van der Waals surface area contributed by atoms with Crippen molar-refractivity contribution >= 4 is 13.7 Å². The fraction of sp³-hybridized carbons (Fsp3) is 0.943. The van der Waals surface area contributed by atoms with Gasteiger partial charge in [-0.3, -0.25) is 9.36 Å². The molecule has 0 aliphatic heterocycles. The summed E-state index contributed by atoms with van der Waals surface area (Å²) in [6.45, 7) is 4.69. The van der Waals surface area contributed by atoms with Crippen LogP contribution in [0.5, 0.6) is 0 Å². The molecule has 0 bridgehead atoms. The molecule has 0 fully saturated rings. The van der Waals surface area contributed by atoms with E-state index >= 15 is 0 Å². The molecule has 0 saturated heterocycles. The van der Waals surface area contributed by atoms with E-state index in [9.17, 15) is 19.4 Å². The minimum absolute atomic E-state index is 0.00253. The molecule has 0 aromatic rings. The normalized spacial score (nSPS) is 14.1. The molecule has 62 heavy (non-hydrogen) atoms. The van der Waals surface area contributed by atoms with Gasteiger partial charge in [0, 0.05) is 6.42 Å². The van der Waals surface area contributed by atoms with Gasteiger partial charge in [0.2, 0.25) is 5.91 Å². The molecule has 0 radical (unpaired) electrons. The summed E-state index contributed by atoms with van der Waals surface area (Å²) in [7, 11) is 1.28. The maximum atomic E-state index is 12.9. The van der Waals surface area contributed by atoms with E-state index in [0.717, 1.165) is 38.5 Å². The zero-order valence-corrected chi connectivity index (χ0v) is 43.0. The van der Waals surface area contributed by atoms with Gasteiger partial charge in [-0.25, -0.2) is 0 Å². The third-order valence-electron chi connectivity index (χ3n) is 12.5. The van der Waals surface area contributed by atoms with Crippen LogP contribution in [-0.4, -0.2) is 68.5 Å². The smallest absolute Gasteiger partial charge is 0.268 e. The van der Waals surface area contributed by atoms with Crippen LogP contribution >= 0.6 is 7.82 Å². The number of nitrogens with zero attached hydrogens (tertiary/aromatic N) is 1. The monoisotopic (exact) mass is 899 g/mol. The third-order valence-corrected chi connectivity index (χ3v) is 13.5. The third kappa shape index (κ3) is 47.2. The van der Waals surface area contributed by atoms with E-state index in [0.29, 0.717) is 17.4 Å². The van der Waals surface area contributed by atoms with Crippen molar-refractivity contribution in [3.05, 3.63) is 12.2 Å². The van der Waals surface area contributed by atoms with Gasteiger partial charge in [-0.05, 0) is 19.3 Å². The minimum Gasteiger partial charge on any atom is -0.756 e. The Morgan fingerprint density at radius 1 is 0.548 bits per heavy atom. The first-order valence-electron chi connectivity index (χ1n) is 27.1. The number of aliphatic hydroxyl groups excluding tert-OH is 1. The van der Waals surface area contributed by atoms with Gasteiger partial charge in [0.1, 0.15) is 13.2 Å². The second-order valence-electron chi connectivity index (χ2n) is 19.9. The van der Waals surface area contributed by atoms with Crippen LogP contribution in [0.1, 0.15) is 271 Å². The molecule has 370 valence electrons. The Morgan fingerprint density at radius 2 is 0.871 bits per heavy atom. The second kappa shape index (κ2) is 45.4. The van der Waals surface area contributed by atoms with Gasteiger partial charge < -0.3 is 28.8 Å². The van der Waals surface area contributed by atoms with E-state index in [1.807, 2.05) is 27.2 Å². The van der Waals surface area contributed by atoms with E-state index in [1.165, 1.54) is 212 Å². The lowest BCUT2D eigenvalue weighted by molar-refractivity contribution is -0.870. The maximum absolute atomic E-state index is 12.9. The second-order valence-corrected chi connectivity index (χ2v) is 21.4. The molecule has 1 unspecified atom stereocenters. The topological polar surface area (TPSA) is 108 Å². The van der Waals surface area contributed by atoms with Gasteiger partial charge in [-0.2, -0.15) is 0 Å². The Bertz CT molecular complexity index is 1020. The molecule has 0 rings (SSSR count). The van der Waals surface area contributed by atoms with Crippen molar-refractivity contribution in [3.8, 4) is 0 Å². The molecular weight excluding hydrogens is 792 g/mol. The lowest BCUT2D eigenvalue weighted by atomic mass is 10.0. The first-order valence-corrected chi connectivity index (χ1v) is 28.5. The van der Waals surface area contributed by atoms with Crippen molar-refractivity contribution in [2.75, 3.05) is 40.9 Å². The quantitative estimate of drug-likeness (QED) is 0.0272. The average Bonchev–Trinajstić information content (AvgIpc) is 3.23. The summed E-state index contributed by atoms with van der Waals surface area (Å²) in [4.78, 5) is 25.4. The molecule has 1 amide bonds.